The average Bonchev–Trinajstić information content (AvgIpc) is 2.81. The molecule has 3 aromatic rings. The van der Waals surface area contributed by atoms with Gasteiger partial charge < -0.3 is 9.67 Å². The molecule has 102 valence electrons. The third kappa shape index (κ3) is 2.29. The van der Waals surface area contributed by atoms with Gasteiger partial charge in [0.05, 0.1) is 17.6 Å². The molecule has 0 aliphatic heterocycles. The monoisotopic (exact) mass is 306 g/mol. The van der Waals surface area contributed by atoms with Crippen molar-refractivity contribution in [2.45, 2.75) is 13.2 Å². The molecular weight excluding hydrogens is 295 g/mol. The van der Waals surface area contributed by atoms with Crippen molar-refractivity contribution in [3.05, 3.63) is 63.9 Å². The predicted octanol–water partition coefficient (Wildman–Crippen LogP) is 3.88. The predicted molar refractivity (Wildman–Crippen MR) is 81.2 cm³/mol. The van der Waals surface area contributed by atoms with Crippen molar-refractivity contribution in [2.75, 3.05) is 0 Å². The molecule has 0 fully saturated rings. The summed E-state index contributed by atoms with van der Waals surface area (Å²) in [5.74, 6) is 0.599. The number of fused-ring (bicyclic) bond motifs is 1. The third-order valence-corrected chi connectivity index (χ3v) is 3.96. The zero-order chi connectivity index (χ0) is 14.1. The molecule has 0 aliphatic rings. The highest BCUT2D eigenvalue weighted by Gasteiger charge is 2.13. The summed E-state index contributed by atoms with van der Waals surface area (Å²) in [5.41, 5.74) is 2.63. The Morgan fingerprint density at radius 1 is 1.00 bits per heavy atom. The van der Waals surface area contributed by atoms with E-state index in [-0.39, 0.29) is 6.61 Å². The van der Waals surface area contributed by atoms with Crippen molar-refractivity contribution >= 4 is 34.2 Å². The number of benzene rings is 2. The molecule has 2 aromatic carbocycles. The van der Waals surface area contributed by atoms with Crippen LogP contribution in [0, 0.1) is 0 Å². The molecule has 0 unspecified atom stereocenters. The van der Waals surface area contributed by atoms with Crippen LogP contribution in [0.15, 0.2) is 42.5 Å². The Kier molecular flexibility index (Phi) is 3.66. The van der Waals surface area contributed by atoms with Crippen molar-refractivity contribution < 1.29 is 5.11 Å². The van der Waals surface area contributed by atoms with E-state index in [1.54, 1.807) is 12.1 Å². The van der Waals surface area contributed by atoms with E-state index in [1.807, 2.05) is 34.9 Å². The highest BCUT2D eigenvalue weighted by atomic mass is 35.5. The summed E-state index contributed by atoms with van der Waals surface area (Å²) in [6.07, 6.45) is 0. The van der Waals surface area contributed by atoms with Crippen LogP contribution in [0.1, 0.15) is 11.4 Å². The summed E-state index contributed by atoms with van der Waals surface area (Å²) in [6.45, 7) is 0.353. The fourth-order valence-corrected chi connectivity index (χ4v) is 2.78. The Hall–Kier alpha value is -1.55. The number of nitrogens with zero attached hydrogens (tertiary/aromatic N) is 2. The van der Waals surface area contributed by atoms with Crippen LogP contribution in [-0.4, -0.2) is 14.7 Å². The molecule has 3 rings (SSSR count). The van der Waals surface area contributed by atoms with Crippen molar-refractivity contribution in [3.63, 3.8) is 0 Å². The Balaban J connectivity index is 2.15. The zero-order valence-electron chi connectivity index (χ0n) is 10.6. The summed E-state index contributed by atoms with van der Waals surface area (Å²) in [6, 6.07) is 13.2. The third-order valence-electron chi connectivity index (χ3n) is 3.25. The van der Waals surface area contributed by atoms with Gasteiger partial charge in [-0.05, 0) is 24.3 Å². The van der Waals surface area contributed by atoms with Gasteiger partial charge >= 0.3 is 0 Å². The van der Waals surface area contributed by atoms with E-state index in [0.717, 1.165) is 16.6 Å². The fraction of sp³-hybridized carbons (Fsp3) is 0.133. The number of para-hydroxylation sites is 2. The summed E-state index contributed by atoms with van der Waals surface area (Å²) < 4.78 is 1.93. The molecular formula is C15H12Cl2N2O. The highest BCUT2D eigenvalue weighted by molar-refractivity contribution is 6.36. The lowest BCUT2D eigenvalue weighted by Gasteiger charge is -2.11. The molecule has 0 radical (unpaired) electrons. The first-order chi connectivity index (χ1) is 9.70. The van der Waals surface area contributed by atoms with Gasteiger partial charge in [0, 0.05) is 15.6 Å². The Bertz CT molecular complexity index is 747. The Labute approximate surface area is 126 Å². The van der Waals surface area contributed by atoms with Crippen molar-refractivity contribution in [3.8, 4) is 0 Å². The van der Waals surface area contributed by atoms with Crippen LogP contribution < -0.4 is 0 Å². The van der Waals surface area contributed by atoms with Crippen molar-refractivity contribution in [1.29, 1.82) is 0 Å². The van der Waals surface area contributed by atoms with Gasteiger partial charge in [-0.25, -0.2) is 4.98 Å². The molecule has 0 amide bonds. The minimum atomic E-state index is -0.128. The lowest BCUT2D eigenvalue weighted by Crippen LogP contribution is -2.06. The van der Waals surface area contributed by atoms with Crippen molar-refractivity contribution in [2.24, 2.45) is 0 Å². The molecule has 0 bridgehead atoms. The number of aliphatic hydroxyl groups excluding tert-OH is 1. The second-order valence-electron chi connectivity index (χ2n) is 4.46. The van der Waals surface area contributed by atoms with Gasteiger partial charge in [0.25, 0.3) is 0 Å². The number of halogens is 2. The summed E-state index contributed by atoms with van der Waals surface area (Å²) in [5, 5.41) is 10.7. The lowest BCUT2D eigenvalue weighted by molar-refractivity contribution is 0.267. The van der Waals surface area contributed by atoms with Gasteiger partial charge in [0.2, 0.25) is 0 Å². The second kappa shape index (κ2) is 5.44. The molecule has 0 aliphatic carbocycles. The fourth-order valence-electron chi connectivity index (χ4n) is 2.26. The van der Waals surface area contributed by atoms with E-state index < -0.39 is 0 Å². The van der Waals surface area contributed by atoms with E-state index in [9.17, 15) is 5.11 Å². The molecule has 1 heterocycles. The quantitative estimate of drug-likeness (QED) is 0.797. The lowest BCUT2D eigenvalue weighted by atomic mass is 10.2. The second-order valence-corrected chi connectivity index (χ2v) is 5.28. The van der Waals surface area contributed by atoms with Crippen LogP contribution in [0.5, 0.6) is 0 Å². The number of rotatable bonds is 3. The van der Waals surface area contributed by atoms with Crippen LogP contribution in [0.25, 0.3) is 11.0 Å². The van der Waals surface area contributed by atoms with Crippen LogP contribution in [0.4, 0.5) is 0 Å². The maximum absolute atomic E-state index is 9.49. The van der Waals surface area contributed by atoms with Crippen LogP contribution in [-0.2, 0) is 13.2 Å². The molecule has 0 saturated carbocycles. The largest absolute Gasteiger partial charge is 0.388 e. The van der Waals surface area contributed by atoms with Crippen molar-refractivity contribution in [1.82, 2.24) is 9.55 Å². The first-order valence-corrected chi connectivity index (χ1v) is 6.94. The van der Waals surface area contributed by atoms with E-state index in [4.69, 9.17) is 23.2 Å². The van der Waals surface area contributed by atoms with E-state index in [1.165, 1.54) is 0 Å². The Morgan fingerprint density at radius 2 is 1.70 bits per heavy atom. The van der Waals surface area contributed by atoms with Gasteiger partial charge in [0.1, 0.15) is 12.4 Å². The number of aliphatic hydroxyl groups is 1. The first-order valence-electron chi connectivity index (χ1n) is 6.18. The van der Waals surface area contributed by atoms with Gasteiger partial charge in [-0.3, -0.25) is 0 Å². The smallest absolute Gasteiger partial charge is 0.136 e. The first kappa shape index (κ1) is 13.4. The molecule has 0 spiro atoms. The highest BCUT2D eigenvalue weighted by Crippen LogP contribution is 2.27. The summed E-state index contributed by atoms with van der Waals surface area (Å²) in [7, 11) is 0. The SMILES string of the molecule is OCc1nc2ccccc2n1Cc1c(Cl)cccc1Cl. The number of aromatic nitrogens is 2. The van der Waals surface area contributed by atoms with E-state index in [0.29, 0.717) is 22.4 Å². The number of imidazole rings is 1. The molecule has 20 heavy (non-hydrogen) atoms. The van der Waals surface area contributed by atoms with Gasteiger partial charge in [0.15, 0.2) is 0 Å². The molecule has 1 aromatic heterocycles. The molecule has 0 saturated heterocycles. The molecule has 0 atom stereocenters. The summed E-state index contributed by atoms with van der Waals surface area (Å²) >= 11 is 12.4. The Morgan fingerprint density at radius 3 is 2.40 bits per heavy atom. The van der Waals surface area contributed by atoms with Crippen LogP contribution in [0.2, 0.25) is 10.0 Å². The zero-order valence-corrected chi connectivity index (χ0v) is 12.1. The maximum Gasteiger partial charge on any atom is 0.136 e. The van der Waals surface area contributed by atoms with Gasteiger partial charge in [-0.15, -0.1) is 0 Å². The van der Waals surface area contributed by atoms with Gasteiger partial charge in [-0.2, -0.15) is 0 Å². The molecule has 1 N–H and O–H groups in total. The van der Waals surface area contributed by atoms with E-state index in [2.05, 4.69) is 4.98 Å². The minimum absolute atomic E-state index is 0.128. The topological polar surface area (TPSA) is 38.1 Å². The standard InChI is InChI=1S/C15H12Cl2N2O/c16-11-4-3-5-12(17)10(11)8-19-14-7-2-1-6-13(14)18-15(19)9-20/h1-7,20H,8-9H2. The number of hydrogen-bond donors (Lipinski definition) is 1. The normalized spacial score (nSPS) is 11.2. The number of hydrogen-bond acceptors (Lipinski definition) is 2. The average molecular weight is 307 g/mol. The maximum atomic E-state index is 9.49. The molecule has 5 heteroatoms. The molecule has 3 nitrogen and oxygen atoms in total. The minimum Gasteiger partial charge on any atom is -0.388 e. The van der Waals surface area contributed by atoms with Gasteiger partial charge in [-0.1, -0.05) is 41.4 Å². The van der Waals surface area contributed by atoms with Crippen LogP contribution >= 0.6 is 23.2 Å². The summed E-state index contributed by atoms with van der Waals surface area (Å²) in [4.78, 5) is 4.41. The van der Waals surface area contributed by atoms with Crippen LogP contribution in [0.3, 0.4) is 0 Å². The van der Waals surface area contributed by atoms with E-state index >= 15 is 0 Å².